The third-order valence-corrected chi connectivity index (χ3v) is 3.77. The number of methoxy groups -OCH3 is 1. The smallest absolute Gasteiger partial charge is 0.203 e. The van der Waals surface area contributed by atoms with E-state index in [0.29, 0.717) is 12.1 Å². The van der Waals surface area contributed by atoms with Gasteiger partial charge in [0.05, 0.1) is 0 Å². The largest absolute Gasteiger partial charge is 0.385 e. The number of rotatable bonds is 6. The number of hydrogen-bond donors (Lipinski definition) is 1. The molecular formula is C14H25N3O. The van der Waals surface area contributed by atoms with Crippen LogP contribution in [0.15, 0.2) is 12.4 Å². The van der Waals surface area contributed by atoms with E-state index < -0.39 is 0 Å². The maximum atomic E-state index is 5.11. The molecule has 1 aliphatic carbocycles. The molecule has 4 heteroatoms. The van der Waals surface area contributed by atoms with Gasteiger partial charge in [0, 0.05) is 38.2 Å². The molecule has 1 aliphatic rings. The molecular weight excluding hydrogens is 226 g/mol. The normalized spacial score (nSPS) is 18.8. The van der Waals surface area contributed by atoms with Gasteiger partial charge >= 0.3 is 0 Å². The molecule has 4 nitrogen and oxygen atoms in total. The fourth-order valence-corrected chi connectivity index (χ4v) is 2.67. The standard InChI is InChI=1S/C14H25N3O/c1-12(8-11-18-2)16-14-15-9-10-17(14)13-6-4-3-5-7-13/h9-10,12-13H,3-8,11H2,1-2H3,(H,15,16). The Labute approximate surface area is 110 Å². The Hall–Kier alpha value is -1.03. The van der Waals surface area contributed by atoms with E-state index in [1.165, 1.54) is 32.1 Å². The van der Waals surface area contributed by atoms with Gasteiger partial charge in [-0.15, -0.1) is 0 Å². The van der Waals surface area contributed by atoms with Crippen molar-refractivity contribution in [1.82, 2.24) is 9.55 Å². The van der Waals surface area contributed by atoms with Crippen molar-refractivity contribution in [3.8, 4) is 0 Å². The molecule has 0 amide bonds. The van der Waals surface area contributed by atoms with Crippen LogP contribution in [-0.4, -0.2) is 29.3 Å². The van der Waals surface area contributed by atoms with Crippen LogP contribution in [0, 0.1) is 0 Å². The third kappa shape index (κ3) is 3.48. The molecule has 0 bridgehead atoms. The quantitative estimate of drug-likeness (QED) is 0.843. The molecule has 1 N–H and O–H groups in total. The highest BCUT2D eigenvalue weighted by atomic mass is 16.5. The Balaban J connectivity index is 1.94. The Morgan fingerprint density at radius 3 is 2.94 bits per heavy atom. The molecule has 0 spiro atoms. The monoisotopic (exact) mass is 251 g/mol. The van der Waals surface area contributed by atoms with E-state index in [2.05, 4.69) is 28.0 Å². The summed E-state index contributed by atoms with van der Waals surface area (Å²) in [7, 11) is 1.75. The van der Waals surface area contributed by atoms with E-state index in [4.69, 9.17) is 4.74 Å². The van der Waals surface area contributed by atoms with E-state index >= 15 is 0 Å². The van der Waals surface area contributed by atoms with E-state index in [9.17, 15) is 0 Å². The van der Waals surface area contributed by atoms with Gasteiger partial charge in [-0.25, -0.2) is 4.98 Å². The summed E-state index contributed by atoms with van der Waals surface area (Å²) in [6.07, 6.45) is 11.7. The molecule has 0 saturated heterocycles. The van der Waals surface area contributed by atoms with Crippen molar-refractivity contribution in [2.75, 3.05) is 19.0 Å². The predicted octanol–water partition coefficient (Wildman–Crippen LogP) is 3.23. The van der Waals surface area contributed by atoms with Gasteiger partial charge < -0.3 is 14.6 Å². The lowest BCUT2D eigenvalue weighted by atomic mass is 9.95. The van der Waals surface area contributed by atoms with Crippen LogP contribution >= 0.6 is 0 Å². The Bertz CT molecular complexity index is 345. The lowest BCUT2D eigenvalue weighted by Crippen LogP contribution is -2.22. The van der Waals surface area contributed by atoms with Crippen molar-refractivity contribution in [1.29, 1.82) is 0 Å². The molecule has 1 aromatic rings. The van der Waals surface area contributed by atoms with Gasteiger partial charge in [0.2, 0.25) is 5.95 Å². The van der Waals surface area contributed by atoms with Gasteiger partial charge in [0.15, 0.2) is 0 Å². The maximum absolute atomic E-state index is 5.11. The SMILES string of the molecule is COCCC(C)Nc1nccn1C1CCCCC1. The number of aromatic nitrogens is 2. The van der Waals surface area contributed by atoms with Gasteiger partial charge in [-0.2, -0.15) is 0 Å². The number of imidazole rings is 1. The van der Waals surface area contributed by atoms with Gasteiger partial charge in [-0.1, -0.05) is 19.3 Å². The Morgan fingerprint density at radius 1 is 1.44 bits per heavy atom. The first kappa shape index (κ1) is 13.4. The lowest BCUT2D eigenvalue weighted by Gasteiger charge is -2.25. The van der Waals surface area contributed by atoms with E-state index in [1.54, 1.807) is 7.11 Å². The highest BCUT2D eigenvalue weighted by molar-refractivity contribution is 5.28. The summed E-state index contributed by atoms with van der Waals surface area (Å²) in [5.74, 6) is 1.02. The van der Waals surface area contributed by atoms with E-state index in [1.807, 2.05) is 6.20 Å². The van der Waals surface area contributed by atoms with Crippen LogP contribution in [0.3, 0.4) is 0 Å². The predicted molar refractivity (Wildman–Crippen MR) is 73.9 cm³/mol. The van der Waals surface area contributed by atoms with Crippen molar-refractivity contribution in [2.24, 2.45) is 0 Å². The van der Waals surface area contributed by atoms with Crippen LogP contribution in [0.2, 0.25) is 0 Å². The van der Waals surface area contributed by atoms with Crippen LogP contribution in [-0.2, 0) is 4.74 Å². The van der Waals surface area contributed by atoms with Gasteiger partial charge in [0.25, 0.3) is 0 Å². The first-order valence-electron chi connectivity index (χ1n) is 7.09. The van der Waals surface area contributed by atoms with Crippen molar-refractivity contribution >= 4 is 5.95 Å². The minimum absolute atomic E-state index is 0.398. The number of nitrogens with zero attached hydrogens (tertiary/aromatic N) is 2. The number of nitrogens with one attached hydrogen (secondary N) is 1. The summed E-state index contributed by atoms with van der Waals surface area (Å²) >= 11 is 0. The zero-order valence-electron chi connectivity index (χ0n) is 11.6. The molecule has 0 aromatic carbocycles. The molecule has 1 unspecified atom stereocenters. The number of hydrogen-bond acceptors (Lipinski definition) is 3. The van der Waals surface area contributed by atoms with Crippen LogP contribution in [0.1, 0.15) is 51.5 Å². The van der Waals surface area contributed by atoms with Crippen molar-refractivity contribution < 1.29 is 4.74 Å². The molecule has 2 rings (SSSR count). The lowest BCUT2D eigenvalue weighted by molar-refractivity contribution is 0.191. The van der Waals surface area contributed by atoms with Crippen LogP contribution in [0.25, 0.3) is 0 Å². The molecule has 0 radical (unpaired) electrons. The average Bonchev–Trinajstić information content (AvgIpc) is 2.85. The molecule has 18 heavy (non-hydrogen) atoms. The highest BCUT2D eigenvalue weighted by Gasteiger charge is 2.18. The first-order chi connectivity index (χ1) is 8.81. The Morgan fingerprint density at radius 2 is 2.22 bits per heavy atom. The molecule has 1 atom stereocenters. The summed E-state index contributed by atoms with van der Waals surface area (Å²) < 4.78 is 7.43. The van der Waals surface area contributed by atoms with E-state index in [-0.39, 0.29) is 0 Å². The summed E-state index contributed by atoms with van der Waals surface area (Å²) in [4.78, 5) is 4.45. The maximum Gasteiger partial charge on any atom is 0.203 e. The molecule has 1 aromatic heterocycles. The minimum atomic E-state index is 0.398. The minimum Gasteiger partial charge on any atom is -0.385 e. The molecule has 1 fully saturated rings. The average molecular weight is 251 g/mol. The fourth-order valence-electron chi connectivity index (χ4n) is 2.67. The second-order valence-electron chi connectivity index (χ2n) is 5.28. The summed E-state index contributed by atoms with van der Waals surface area (Å²) in [6.45, 7) is 2.97. The summed E-state index contributed by atoms with van der Waals surface area (Å²) in [6, 6.07) is 1.04. The first-order valence-corrected chi connectivity index (χ1v) is 7.09. The zero-order chi connectivity index (χ0) is 12.8. The topological polar surface area (TPSA) is 39.1 Å². The van der Waals surface area contributed by atoms with Gasteiger partial charge in [-0.3, -0.25) is 0 Å². The second-order valence-corrected chi connectivity index (χ2v) is 5.28. The Kier molecular flexibility index (Phi) is 5.05. The highest BCUT2D eigenvalue weighted by Crippen LogP contribution is 2.30. The van der Waals surface area contributed by atoms with Crippen LogP contribution in [0.4, 0.5) is 5.95 Å². The van der Waals surface area contributed by atoms with E-state index in [0.717, 1.165) is 19.0 Å². The molecule has 0 aliphatic heterocycles. The zero-order valence-corrected chi connectivity index (χ0v) is 11.6. The number of anilines is 1. The second kappa shape index (κ2) is 6.78. The van der Waals surface area contributed by atoms with Crippen molar-refractivity contribution in [2.45, 2.75) is 57.5 Å². The summed E-state index contributed by atoms with van der Waals surface area (Å²) in [5, 5.41) is 3.49. The third-order valence-electron chi connectivity index (χ3n) is 3.77. The molecule has 102 valence electrons. The molecule has 1 heterocycles. The van der Waals surface area contributed by atoms with Crippen molar-refractivity contribution in [3.05, 3.63) is 12.4 Å². The number of ether oxygens (including phenoxy) is 1. The van der Waals surface area contributed by atoms with Gasteiger partial charge in [0.1, 0.15) is 0 Å². The van der Waals surface area contributed by atoms with Crippen molar-refractivity contribution in [3.63, 3.8) is 0 Å². The molecule has 1 saturated carbocycles. The van der Waals surface area contributed by atoms with Gasteiger partial charge in [-0.05, 0) is 26.2 Å². The summed E-state index contributed by atoms with van der Waals surface area (Å²) in [5.41, 5.74) is 0. The van der Waals surface area contributed by atoms with Crippen LogP contribution < -0.4 is 5.32 Å². The van der Waals surface area contributed by atoms with Crippen LogP contribution in [0.5, 0.6) is 0 Å². The fraction of sp³-hybridized carbons (Fsp3) is 0.786.